The van der Waals surface area contributed by atoms with Gasteiger partial charge in [-0.05, 0) is 42.7 Å². The molecule has 9 heteroatoms. The van der Waals surface area contributed by atoms with Crippen molar-refractivity contribution < 1.29 is 19.4 Å². The highest BCUT2D eigenvalue weighted by Gasteiger charge is 2.22. The van der Waals surface area contributed by atoms with Crippen LogP contribution in [-0.4, -0.2) is 57.8 Å². The van der Waals surface area contributed by atoms with E-state index in [1.54, 1.807) is 17.3 Å². The van der Waals surface area contributed by atoms with E-state index >= 15 is 0 Å². The molecule has 31 heavy (non-hydrogen) atoms. The number of hydrogen-bond donors (Lipinski definition) is 2. The van der Waals surface area contributed by atoms with E-state index < -0.39 is 0 Å². The van der Waals surface area contributed by atoms with Crippen molar-refractivity contribution in [3.8, 4) is 0 Å². The average Bonchev–Trinajstić information content (AvgIpc) is 3.13. The zero-order chi connectivity index (χ0) is 21.8. The number of nitrogens with one attached hydrogen (secondary N) is 1. The van der Waals surface area contributed by atoms with Gasteiger partial charge in [-0.2, -0.15) is 0 Å². The second kappa shape index (κ2) is 9.23. The van der Waals surface area contributed by atoms with Crippen LogP contribution in [0.4, 0.5) is 11.6 Å². The standard InChI is InChI=1S/C22H25N5O4/c1-2-15-6-7-23-13-17(15)21(30)25-22-24-18-12-16(26-9-11-31-14-20(26)29)4-5-19(18)27(22)8-3-10-28/h4-7,12-13,28H,2-3,8-11,14H2,1H3,(H,24,25,30). The molecule has 1 aliphatic heterocycles. The van der Waals surface area contributed by atoms with E-state index in [0.29, 0.717) is 49.6 Å². The first-order valence-electron chi connectivity index (χ1n) is 10.4. The van der Waals surface area contributed by atoms with E-state index in [1.165, 1.54) is 0 Å². The van der Waals surface area contributed by atoms with Crippen molar-refractivity contribution in [2.45, 2.75) is 26.3 Å². The lowest BCUT2D eigenvalue weighted by Crippen LogP contribution is -2.41. The molecular formula is C22H25N5O4. The second-order valence-electron chi connectivity index (χ2n) is 7.28. The fourth-order valence-corrected chi connectivity index (χ4v) is 3.73. The molecule has 0 radical (unpaired) electrons. The van der Waals surface area contributed by atoms with Gasteiger partial charge in [-0.3, -0.25) is 19.9 Å². The summed E-state index contributed by atoms with van der Waals surface area (Å²) in [6.07, 6.45) is 4.45. The summed E-state index contributed by atoms with van der Waals surface area (Å²) in [5, 5.41) is 12.2. The first-order valence-corrected chi connectivity index (χ1v) is 10.4. The van der Waals surface area contributed by atoms with Gasteiger partial charge in [-0.25, -0.2) is 4.98 Å². The van der Waals surface area contributed by atoms with Gasteiger partial charge in [0.1, 0.15) is 6.61 Å². The number of imidazole rings is 1. The summed E-state index contributed by atoms with van der Waals surface area (Å²) in [5.41, 5.74) is 3.62. The summed E-state index contributed by atoms with van der Waals surface area (Å²) < 4.78 is 7.08. The number of aliphatic hydroxyl groups is 1. The van der Waals surface area contributed by atoms with Crippen LogP contribution in [0, 0.1) is 0 Å². The van der Waals surface area contributed by atoms with Gasteiger partial charge in [0.2, 0.25) is 5.95 Å². The molecule has 2 aromatic heterocycles. The number of hydrogen-bond acceptors (Lipinski definition) is 6. The predicted molar refractivity (Wildman–Crippen MR) is 116 cm³/mol. The molecule has 4 rings (SSSR count). The van der Waals surface area contributed by atoms with Crippen LogP contribution in [0.5, 0.6) is 0 Å². The molecule has 0 bridgehead atoms. The minimum atomic E-state index is -0.283. The largest absolute Gasteiger partial charge is 0.396 e. The highest BCUT2D eigenvalue weighted by atomic mass is 16.5. The summed E-state index contributed by atoms with van der Waals surface area (Å²) >= 11 is 0. The average molecular weight is 423 g/mol. The molecule has 0 spiro atoms. The molecule has 0 atom stereocenters. The molecule has 1 fully saturated rings. The molecule has 3 heterocycles. The molecule has 1 aliphatic rings. The maximum absolute atomic E-state index is 12.9. The Balaban J connectivity index is 1.69. The number of amides is 2. The monoisotopic (exact) mass is 423 g/mol. The van der Waals surface area contributed by atoms with Crippen LogP contribution in [0.15, 0.2) is 36.7 Å². The van der Waals surface area contributed by atoms with Gasteiger partial charge < -0.3 is 19.3 Å². The number of aliphatic hydroxyl groups excluding tert-OH is 1. The summed E-state index contributed by atoms with van der Waals surface area (Å²) in [5.74, 6) is 0.0152. The van der Waals surface area contributed by atoms with Gasteiger partial charge >= 0.3 is 0 Å². The molecular weight excluding hydrogens is 398 g/mol. The SMILES string of the molecule is CCc1ccncc1C(=O)Nc1nc2cc(N3CCOCC3=O)ccc2n1CCCO. The van der Waals surface area contributed by atoms with Crippen LogP contribution in [-0.2, 0) is 22.5 Å². The number of aryl methyl sites for hydroxylation is 2. The Bertz CT molecular complexity index is 1110. The number of nitrogens with zero attached hydrogens (tertiary/aromatic N) is 4. The number of pyridine rings is 1. The molecule has 0 unspecified atom stereocenters. The number of carbonyl (C=O) groups excluding carboxylic acids is 2. The molecule has 0 aliphatic carbocycles. The van der Waals surface area contributed by atoms with Crippen molar-refractivity contribution in [2.75, 3.05) is 36.6 Å². The first-order chi connectivity index (χ1) is 15.1. The van der Waals surface area contributed by atoms with Gasteiger partial charge in [0, 0.05) is 37.8 Å². The van der Waals surface area contributed by atoms with Crippen molar-refractivity contribution in [1.29, 1.82) is 0 Å². The summed E-state index contributed by atoms with van der Waals surface area (Å²) in [6.45, 7) is 3.54. The molecule has 162 valence electrons. The van der Waals surface area contributed by atoms with E-state index in [0.717, 1.165) is 16.8 Å². The third-order valence-electron chi connectivity index (χ3n) is 5.33. The Morgan fingerprint density at radius 2 is 2.19 bits per heavy atom. The number of fused-ring (bicyclic) bond motifs is 1. The number of carbonyl (C=O) groups is 2. The highest BCUT2D eigenvalue weighted by molar-refractivity contribution is 6.05. The minimum absolute atomic E-state index is 0.0238. The van der Waals surface area contributed by atoms with Crippen LogP contribution < -0.4 is 10.2 Å². The van der Waals surface area contributed by atoms with E-state index in [-0.39, 0.29) is 25.0 Å². The van der Waals surface area contributed by atoms with E-state index in [2.05, 4.69) is 15.3 Å². The summed E-state index contributed by atoms with van der Waals surface area (Å²) in [6, 6.07) is 7.42. The van der Waals surface area contributed by atoms with E-state index in [4.69, 9.17) is 4.74 Å². The molecule has 3 aromatic rings. The van der Waals surface area contributed by atoms with Crippen molar-refractivity contribution in [3.63, 3.8) is 0 Å². The summed E-state index contributed by atoms with van der Waals surface area (Å²) in [7, 11) is 0. The van der Waals surface area contributed by atoms with Gasteiger partial charge in [0.05, 0.1) is 23.2 Å². The molecule has 9 nitrogen and oxygen atoms in total. The fraction of sp³-hybridized carbons (Fsp3) is 0.364. The number of aromatic nitrogens is 3. The maximum Gasteiger partial charge on any atom is 0.259 e. The number of rotatable bonds is 7. The van der Waals surface area contributed by atoms with E-state index in [1.807, 2.05) is 35.8 Å². The Morgan fingerprint density at radius 1 is 1.32 bits per heavy atom. The summed E-state index contributed by atoms with van der Waals surface area (Å²) in [4.78, 5) is 35.5. The predicted octanol–water partition coefficient (Wildman–Crippen LogP) is 1.99. The number of ether oxygens (including phenoxy) is 1. The van der Waals surface area contributed by atoms with Gasteiger partial charge in [-0.1, -0.05) is 6.92 Å². The maximum atomic E-state index is 12.9. The molecule has 2 N–H and O–H groups in total. The Hall–Kier alpha value is -3.30. The van der Waals surface area contributed by atoms with Gasteiger partial charge in [0.15, 0.2) is 0 Å². The lowest BCUT2D eigenvalue weighted by molar-refractivity contribution is -0.125. The Kier molecular flexibility index (Phi) is 6.24. The van der Waals surface area contributed by atoms with Crippen molar-refractivity contribution >= 4 is 34.5 Å². The number of anilines is 2. The first kappa shape index (κ1) is 21.0. The van der Waals surface area contributed by atoms with Gasteiger partial charge in [0.25, 0.3) is 11.8 Å². The molecule has 1 aromatic carbocycles. The smallest absolute Gasteiger partial charge is 0.259 e. The quantitative estimate of drug-likeness (QED) is 0.602. The fourth-order valence-electron chi connectivity index (χ4n) is 3.73. The second-order valence-corrected chi connectivity index (χ2v) is 7.28. The normalized spacial score (nSPS) is 14.3. The highest BCUT2D eigenvalue weighted by Crippen LogP contribution is 2.27. The lowest BCUT2D eigenvalue weighted by Gasteiger charge is -2.26. The topological polar surface area (TPSA) is 110 Å². The van der Waals surface area contributed by atoms with Crippen LogP contribution in [0.25, 0.3) is 11.0 Å². The molecule has 0 saturated carbocycles. The Morgan fingerprint density at radius 3 is 2.97 bits per heavy atom. The lowest BCUT2D eigenvalue weighted by atomic mass is 10.1. The minimum Gasteiger partial charge on any atom is -0.396 e. The van der Waals surface area contributed by atoms with Crippen molar-refractivity contribution in [1.82, 2.24) is 14.5 Å². The van der Waals surface area contributed by atoms with Crippen LogP contribution >= 0.6 is 0 Å². The van der Waals surface area contributed by atoms with Crippen molar-refractivity contribution in [3.05, 3.63) is 47.8 Å². The number of morpholine rings is 1. The Labute approximate surface area is 179 Å². The third kappa shape index (κ3) is 4.28. The molecule has 1 saturated heterocycles. The number of benzene rings is 1. The van der Waals surface area contributed by atoms with Crippen LogP contribution in [0.1, 0.15) is 29.3 Å². The zero-order valence-electron chi connectivity index (χ0n) is 17.4. The van der Waals surface area contributed by atoms with Gasteiger partial charge in [-0.15, -0.1) is 0 Å². The van der Waals surface area contributed by atoms with E-state index in [9.17, 15) is 14.7 Å². The zero-order valence-corrected chi connectivity index (χ0v) is 17.4. The third-order valence-corrected chi connectivity index (χ3v) is 5.33. The van der Waals surface area contributed by atoms with Crippen LogP contribution in [0.3, 0.4) is 0 Å². The molecule has 2 amide bonds. The van der Waals surface area contributed by atoms with Crippen LogP contribution in [0.2, 0.25) is 0 Å². The van der Waals surface area contributed by atoms with Crippen molar-refractivity contribution in [2.24, 2.45) is 0 Å².